The van der Waals surface area contributed by atoms with E-state index in [1.165, 1.54) is 6.07 Å². The van der Waals surface area contributed by atoms with E-state index in [2.05, 4.69) is 0 Å². The van der Waals surface area contributed by atoms with Crippen LogP contribution in [0, 0.1) is 11.7 Å². The van der Waals surface area contributed by atoms with E-state index in [-0.39, 0.29) is 17.5 Å². The molecule has 3 nitrogen and oxygen atoms in total. The second-order valence-electron chi connectivity index (χ2n) is 5.89. The van der Waals surface area contributed by atoms with Crippen LogP contribution in [0.15, 0.2) is 24.3 Å². The van der Waals surface area contributed by atoms with Crippen LogP contribution in [0.25, 0.3) is 0 Å². The Morgan fingerprint density at radius 2 is 2.05 bits per heavy atom. The number of nitrogens with zero attached hydrogens (tertiary/aromatic N) is 1. The monoisotopic (exact) mass is 277 g/mol. The molecule has 2 atom stereocenters. The summed E-state index contributed by atoms with van der Waals surface area (Å²) in [5.74, 6) is -0.130. The Kier molecular flexibility index (Phi) is 3.85. The maximum absolute atomic E-state index is 14.1. The number of halogens is 1. The molecular formula is C16H20FNO2. The highest BCUT2D eigenvalue weighted by molar-refractivity contribution is 5.89. The number of ketones is 1. The fourth-order valence-electron chi connectivity index (χ4n) is 3.04. The largest absolute Gasteiger partial charge is 0.392 e. The SMILES string of the molecule is O=C(C1CC1)C(c1ccccc1F)N1CCCC(O)C1. The fraction of sp³-hybridized carbons (Fsp3) is 0.562. The Morgan fingerprint density at radius 3 is 2.70 bits per heavy atom. The molecule has 1 aromatic carbocycles. The third-order valence-corrected chi connectivity index (χ3v) is 4.24. The molecular weight excluding hydrogens is 257 g/mol. The molecule has 0 aromatic heterocycles. The van der Waals surface area contributed by atoms with Gasteiger partial charge < -0.3 is 5.11 Å². The number of carbonyl (C=O) groups excluding carboxylic acids is 1. The summed E-state index contributed by atoms with van der Waals surface area (Å²) in [6, 6.07) is 5.98. The van der Waals surface area contributed by atoms with E-state index in [0.29, 0.717) is 12.1 Å². The van der Waals surface area contributed by atoms with Crippen molar-refractivity contribution in [1.82, 2.24) is 4.90 Å². The lowest BCUT2D eigenvalue weighted by molar-refractivity contribution is -0.127. The molecule has 1 aliphatic carbocycles. The first-order valence-electron chi connectivity index (χ1n) is 7.37. The molecule has 1 saturated carbocycles. The third-order valence-electron chi connectivity index (χ3n) is 4.24. The van der Waals surface area contributed by atoms with Gasteiger partial charge in [0.25, 0.3) is 0 Å². The molecule has 1 aliphatic heterocycles. The van der Waals surface area contributed by atoms with Gasteiger partial charge in [-0.1, -0.05) is 18.2 Å². The van der Waals surface area contributed by atoms with Crippen molar-refractivity contribution in [1.29, 1.82) is 0 Å². The molecule has 2 unspecified atom stereocenters. The summed E-state index contributed by atoms with van der Waals surface area (Å²) in [5, 5.41) is 9.83. The van der Waals surface area contributed by atoms with Gasteiger partial charge in [0, 0.05) is 18.0 Å². The van der Waals surface area contributed by atoms with Crippen LogP contribution in [-0.2, 0) is 4.79 Å². The van der Waals surface area contributed by atoms with Crippen LogP contribution in [0.2, 0.25) is 0 Å². The minimum atomic E-state index is -0.529. The Morgan fingerprint density at radius 1 is 1.30 bits per heavy atom. The van der Waals surface area contributed by atoms with Crippen molar-refractivity contribution >= 4 is 5.78 Å². The Hall–Kier alpha value is -1.26. The quantitative estimate of drug-likeness (QED) is 0.918. The predicted molar refractivity (Wildman–Crippen MR) is 73.7 cm³/mol. The van der Waals surface area contributed by atoms with Crippen LogP contribution in [0.1, 0.15) is 37.3 Å². The lowest BCUT2D eigenvalue weighted by atomic mass is 9.95. The first kappa shape index (κ1) is 13.7. The van der Waals surface area contributed by atoms with Crippen LogP contribution in [0.4, 0.5) is 4.39 Å². The highest BCUT2D eigenvalue weighted by Gasteiger charge is 2.40. The number of likely N-dealkylation sites (tertiary alicyclic amines) is 1. The topological polar surface area (TPSA) is 40.5 Å². The highest BCUT2D eigenvalue weighted by atomic mass is 19.1. The summed E-state index contributed by atoms with van der Waals surface area (Å²) < 4.78 is 14.1. The smallest absolute Gasteiger partial charge is 0.157 e. The van der Waals surface area contributed by atoms with Gasteiger partial charge in [0.05, 0.1) is 12.1 Å². The highest BCUT2D eigenvalue weighted by Crippen LogP contribution is 2.38. The number of hydrogen-bond acceptors (Lipinski definition) is 3. The summed E-state index contributed by atoms with van der Waals surface area (Å²) in [7, 11) is 0. The Labute approximate surface area is 118 Å². The van der Waals surface area contributed by atoms with Crippen LogP contribution < -0.4 is 0 Å². The van der Waals surface area contributed by atoms with E-state index < -0.39 is 12.1 Å². The molecule has 2 fully saturated rings. The number of piperidine rings is 1. The van der Waals surface area contributed by atoms with Gasteiger partial charge in [0.2, 0.25) is 0 Å². The molecule has 0 spiro atoms. The minimum absolute atomic E-state index is 0.0821. The van der Waals surface area contributed by atoms with E-state index in [9.17, 15) is 14.3 Å². The first-order valence-corrected chi connectivity index (χ1v) is 7.37. The van der Waals surface area contributed by atoms with E-state index in [4.69, 9.17) is 0 Å². The fourth-order valence-corrected chi connectivity index (χ4v) is 3.04. The molecule has 20 heavy (non-hydrogen) atoms. The van der Waals surface area contributed by atoms with Crippen molar-refractivity contribution in [3.05, 3.63) is 35.6 Å². The number of Topliss-reactive ketones (excluding diaryl/α,β-unsaturated/α-hetero) is 1. The standard InChI is InChI=1S/C16H20FNO2/c17-14-6-2-1-5-13(14)15(16(20)11-7-8-11)18-9-3-4-12(19)10-18/h1-2,5-6,11-12,15,19H,3-4,7-10H2. The summed E-state index contributed by atoms with van der Waals surface area (Å²) in [4.78, 5) is 14.5. The molecule has 1 heterocycles. The van der Waals surface area contributed by atoms with Gasteiger partial charge >= 0.3 is 0 Å². The molecule has 0 amide bonds. The van der Waals surface area contributed by atoms with Crippen molar-refractivity contribution < 1.29 is 14.3 Å². The van der Waals surface area contributed by atoms with E-state index in [0.717, 1.165) is 32.2 Å². The number of carbonyl (C=O) groups is 1. The maximum Gasteiger partial charge on any atom is 0.157 e. The molecule has 4 heteroatoms. The lowest BCUT2D eigenvalue weighted by Gasteiger charge is -2.36. The average molecular weight is 277 g/mol. The van der Waals surface area contributed by atoms with E-state index in [1.54, 1.807) is 18.2 Å². The van der Waals surface area contributed by atoms with Gasteiger partial charge in [-0.05, 0) is 38.3 Å². The molecule has 108 valence electrons. The Bertz CT molecular complexity index is 501. The number of β-amino-alcohol motifs (C(OH)–C–C–N with tert-alkyl or cyclic N) is 1. The van der Waals surface area contributed by atoms with Crippen LogP contribution in [-0.4, -0.2) is 35.0 Å². The van der Waals surface area contributed by atoms with E-state index in [1.807, 2.05) is 4.90 Å². The molecule has 3 rings (SSSR count). The zero-order valence-electron chi connectivity index (χ0n) is 11.5. The van der Waals surface area contributed by atoms with Gasteiger partial charge in [-0.2, -0.15) is 0 Å². The minimum Gasteiger partial charge on any atom is -0.392 e. The summed E-state index contributed by atoms with van der Waals surface area (Å²) in [6.07, 6.45) is 3.03. The Balaban J connectivity index is 1.91. The van der Waals surface area contributed by atoms with Crippen LogP contribution >= 0.6 is 0 Å². The van der Waals surface area contributed by atoms with Crippen molar-refractivity contribution in [3.63, 3.8) is 0 Å². The predicted octanol–water partition coefficient (Wildman–Crippen LogP) is 2.30. The summed E-state index contributed by atoms with van der Waals surface area (Å²) in [5.41, 5.74) is 0.457. The number of aliphatic hydroxyl groups excluding tert-OH is 1. The number of rotatable bonds is 4. The van der Waals surface area contributed by atoms with Gasteiger partial charge in [-0.25, -0.2) is 4.39 Å². The van der Waals surface area contributed by atoms with Gasteiger partial charge in [0.1, 0.15) is 5.82 Å². The maximum atomic E-state index is 14.1. The van der Waals surface area contributed by atoms with Crippen molar-refractivity contribution in [2.24, 2.45) is 5.92 Å². The zero-order valence-corrected chi connectivity index (χ0v) is 11.5. The molecule has 1 aromatic rings. The van der Waals surface area contributed by atoms with Gasteiger partial charge in [-0.3, -0.25) is 9.69 Å². The van der Waals surface area contributed by atoms with Crippen LogP contribution in [0.5, 0.6) is 0 Å². The molecule has 0 bridgehead atoms. The third kappa shape index (κ3) is 2.76. The summed E-state index contributed by atoms with van der Waals surface area (Å²) >= 11 is 0. The summed E-state index contributed by atoms with van der Waals surface area (Å²) in [6.45, 7) is 1.20. The normalized spacial score (nSPS) is 25.4. The molecule has 2 aliphatic rings. The zero-order chi connectivity index (χ0) is 14.1. The lowest BCUT2D eigenvalue weighted by Crippen LogP contribution is -2.44. The second-order valence-corrected chi connectivity index (χ2v) is 5.89. The second kappa shape index (κ2) is 5.62. The number of aliphatic hydroxyl groups is 1. The number of hydrogen-bond donors (Lipinski definition) is 1. The molecule has 0 radical (unpaired) electrons. The van der Waals surface area contributed by atoms with Gasteiger partial charge in [-0.15, -0.1) is 0 Å². The molecule has 1 saturated heterocycles. The van der Waals surface area contributed by atoms with E-state index >= 15 is 0 Å². The molecule has 1 N–H and O–H groups in total. The number of benzene rings is 1. The van der Waals surface area contributed by atoms with Crippen molar-refractivity contribution in [3.8, 4) is 0 Å². The van der Waals surface area contributed by atoms with Crippen molar-refractivity contribution in [2.45, 2.75) is 37.8 Å². The van der Waals surface area contributed by atoms with Gasteiger partial charge in [0.15, 0.2) is 5.78 Å². The van der Waals surface area contributed by atoms with Crippen molar-refractivity contribution in [2.75, 3.05) is 13.1 Å². The first-order chi connectivity index (χ1) is 9.66. The average Bonchev–Trinajstić information content (AvgIpc) is 3.26. The van der Waals surface area contributed by atoms with Crippen LogP contribution in [0.3, 0.4) is 0 Å².